The number of aromatic nitrogens is 2. The molecule has 2 heterocycles. The van der Waals surface area contributed by atoms with E-state index in [0.29, 0.717) is 0 Å². The van der Waals surface area contributed by atoms with Gasteiger partial charge in [-0.25, -0.2) is 0 Å². The summed E-state index contributed by atoms with van der Waals surface area (Å²) in [5.74, 6) is 0.902. The maximum atomic E-state index is 5.09. The Bertz CT molecular complexity index is 381. The van der Waals surface area contributed by atoms with Gasteiger partial charge >= 0.3 is 0 Å². The zero-order valence-corrected chi connectivity index (χ0v) is 7.40. The molecule has 66 valence electrons. The first-order chi connectivity index (χ1) is 6.40. The van der Waals surface area contributed by atoms with Crippen molar-refractivity contribution in [3.63, 3.8) is 0 Å². The first-order valence-electron chi connectivity index (χ1n) is 4.26. The minimum atomic E-state index is 0.852. The third-order valence-corrected chi connectivity index (χ3v) is 1.86. The molecule has 2 aromatic heterocycles. The molecule has 0 spiro atoms. The summed E-state index contributed by atoms with van der Waals surface area (Å²) in [5.41, 5.74) is 1.84. The summed E-state index contributed by atoms with van der Waals surface area (Å²) in [5, 5.41) is 3.94. The van der Waals surface area contributed by atoms with Crippen molar-refractivity contribution in [2.75, 3.05) is 0 Å². The Morgan fingerprint density at radius 3 is 3.00 bits per heavy atom. The number of pyridine rings is 1. The van der Waals surface area contributed by atoms with E-state index in [1.807, 2.05) is 25.1 Å². The van der Waals surface area contributed by atoms with Crippen LogP contribution in [0.2, 0.25) is 0 Å². The summed E-state index contributed by atoms with van der Waals surface area (Å²) in [6, 6.07) is 5.79. The number of nitrogens with zero attached hydrogens (tertiary/aromatic N) is 2. The lowest BCUT2D eigenvalue weighted by molar-refractivity contribution is 0.389. The van der Waals surface area contributed by atoms with Gasteiger partial charge in [0.05, 0.1) is 0 Å². The van der Waals surface area contributed by atoms with Gasteiger partial charge in [0.15, 0.2) is 0 Å². The molecule has 2 rings (SSSR count). The Labute approximate surface area is 76.4 Å². The van der Waals surface area contributed by atoms with E-state index in [1.54, 1.807) is 12.4 Å². The van der Waals surface area contributed by atoms with E-state index in [0.717, 1.165) is 23.4 Å². The number of hydrogen-bond acceptors (Lipinski definition) is 3. The number of aryl methyl sites for hydroxylation is 1. The van der Waals surface area contributed by atoms with Crippen LogP contribution in [0.1, 0.15) is 12.7 Å². The number of rotatable bonds is 2. The van der Waals surface area contributed by atoms with Crippen LogP contribution in [0.15, 0.2) is 35.1 Å². The van der Waals surface area contributed by atoms with Crippen molar-refractivity contribution in [3.8, 4) is 11.3 Å². The molecule has 0 N–H and O–H groups in total. The van der Waals surface area contributed by atoms with Crippen LogP contribution in [0, 0.1) is 0 Å². The van der Waals surface area contributed by atoms with Crippen LogP contribution < -0.4 is 0 Å². The van der Waals surface area contributed by atoms with E-state index in [1.165, 1.54) is 0 Å². The molecule has 0 aliphatic rings. The summed E-state index contributed by atoms with van der Waals surface area (Å²) in [6.07, 6.45) is 4.38. The summed E-state index contributed by atoms with van der Waals surface area (Å²) in [7, 11) is 0. The van der Waals surface area contributed by atoms with Gasteiger partial charge in [-0.2, -0.15) is 0 Å². The summed E-state index contributed by atoms with van der Waals surface area (Å²) in [6.45, 7) is 2.04. The summed E-state index contributed by atoms with van der Waals surface area (Å²) < 4.78 is 5.09. The van der Waals surface area contributed by atoms with Crippen LogP contribution in [0.25, 0.3) is 11.3 Å². The fourth-order valence-electron chi connectivity index (χ4n) is 1.13. The molecule has 0 bridgehead atoms. The van der Waals surface area contributed by atoms with Gasteiger partial charge in [-0.05, 0) is 12.1 Å². The molecule has 0 aliphatic heterocycles. The monoisotopic (exact) mass is 174 g/mol. The number of hydrogen-bond donors (Lipinski definition) is 0. The van der Waals surface area contributed by atoms with Gasteiger partial charge in [0, 0.05) is 30.4 Å². The quantitative estimate of drug-likeness (QED) is 0.701. The van der Waals surface area contributed by atoms with E-state index in [9.17, 15) is 0 Å². The zero-order chi connectivity index (χ0) is 9.10. The second-order valence-corrected chi connectivity index (χ2v) is 2.77. The topological polar surface area (TPSA) is 38.9 Å². The highest BCUT2D eigenvalue weighted by Crippen LogP contribution is 2.17. The third-order valence-electron chi connectivity index (χ3n) is 1.86. The molecule has 0 aromatic carbocycles. The molecule has 0 atom stereocenters. The van der Waals surface area contributed by atoms with Gasteiger partial charge in [-0.1, -0.05) is 12.1 Å². The highest BCUT2D eigenvalue weighted by atomic mass is 16.5. The van der Waals surface area contributed by atoms with Crippen LogP contribution in [0.5, 0.6) is 0 Å². The zero-order valence-electron chi connectivity index (χ0n) is 7.40. The summed E-state index contributed by atoms with van der Waals surface area (Å²) in [4.78, 5) is 4.01. The predicted octanol–water partition coefficient (Wildman–Crippen LogP) is 2.30. The van der Waals surface area contributed by atoms with Gasteiger partial charge in [0.25, 0.3) is 0 Å². The molecular weight excluding hydrogens is 164 g/mol. The molecule has 3 nitrogen and oxygen atoms in total. The Balaban J connectivity index is 2.36. The molecule has 0 fully saturated rings. The molecule has 0 radical (unpaired) electrons. The second-order valence-electron chi connectivity index (χ2n) is 2.77. The molecule has 0 unspecified atom stereocenters. The van der Waals surface area contributed by atoms with Crippen molar-refractivity contribution in [3.05, 3.63) is 36.4 Å². The maximum absolute atomic E-state index is 5.09. The first kappa shape index (κ1) is 7.98. The van der Waals surface area contributed by atoms with Crippen molar-refractivity contribution < 1.29 is 4.52 Å². The van der Waals surface area contributed by atoms with Crippen LogP contribution >= 0.6 is 0 Å². The lowest BCUT2D eigenvalue weighted by Gasteiger charge is -1.90. The highest BCUT2D eigenvalue weighted by molar-refractivity contribution is 5.56. The van der Waals surface area contributed by atoms with Gasteiger partial charge < -0.3 is 4.52 Å². The lowest BCUT2D eigenvalue weighted by atomic mass is 10.2. The smallest absolute Gasteiger partial charge is 0.137 e. The largest absolute Gasteiger partial charge is 0.361 e. The molecule has 0 saturated heterocycles. The van der Waals surface area contributed by atoms with Gasteiger partial charge in [-0.3, -0.25) is 4.98 Å². The Kier molecular flexibility index (Phi) is 2.08. The molecule has 13 heavy (non-hydrogen) atoms. The van der Waals surface area contributed by atoms with Crippen LogP contribution in [0.3, 0.4) is 0 Å². The molecule has 2 aromatic rings. The van der Waals surface area contributed by atoms with Crippen molar-refractivity contribution in [1.29, 1.82) is 0 Å². The van der Waals surface area contributed by atoms with E-state index >= 15 is 0 Å². The van der Waals surface area contributed by atoms with Crippen molar-refractivity contribution in [2.24, 2.45) is 0 Å². The molecular formula is C10H10N2O. The SMILES string of the molecule is CCc1cc(-c2cccnc2)no1. The normalized spacial score (nSPS) is 10.2. The van der Waals surface area contributed by atoms with Crippen LogP contribution in [-0.4, -0.2) is 10.1 Å². The minimum Gasteiger partial charge on any atom is -0.361 e. The van der Waals surface area contributed by atoms with Crippen molar-refractivity contribution in [2.45, 2.75) is 13.3 Å². The van der Waals surface area contributed by atoms with Gasteiger partial charge in [0.2, 0.25) is 0 Å². The second kappa shape index (κ2) is 3.39. The van der Waals surface area contributed by atoms with Crippen molar-refractivity contribution >= 4 is 0 Å². The molecule has 3 heteroatoms. The standard InChI is InChI=1S/C10H10N2O/c1-2-9-6-10(12-13-9)8-4-3-5-11-7-8/h3-7H,2H2,1H3. The van der Waals surface area contributed by atoms with Crippen molar-refractivity contribution in [1.82, 2.24) is 10.1 Å². The predicted molar refractivity (Wildman–Crippen MR) is 49.1 cm³/mol. The van der Waals surface area contributed by atoms with E-state index in [4.69, 9.17) is 4.52 Å². The molecule has 0 saturated carbocycles. The maximum Gasteiger partial charge on any atom is 0.137 e. The fourth-order valence-corrected chi connectivity index (χ4v) is 1.13. The highest BCUT2D eigenvalue weighted by Gasteiger charge is 2.03. The minimum absolute atomic E-state index is 0.852. The third kappa shape index (κ3) is 1.59. The summed E-state index contributed by atoms with van der Waals surface area (Å²) >= 11 is 0. The Hall–Kier alpha value is -1.64. The van der Waals surface area contributed by atoms with Gasteiger partial charge in [0.1, 0.15) is 11.5 Å². The lowest BCUT2D eigenvalue weighted by Crippen LogP contribution is -1.77. The van der Waals surface area contributed by atoms with E-state index < -0.39 is 0 Å². The fraction of sp³-hybridized carbons (Fsp3) is 0.200. The first-order valence-corrected chi connectivity index (χ1v) is 4.26. The van der Waals surface area contributed by atoms with E-state index in [-0.39, 0.29) is 0 Å². The van der Waals surface area contributed by atoms with Crippen LogP contribution in [0.4, 0.5) is 0 Å². The van der Waals surface area contributed by atoms with Crippen LogP contribution in [-0.2, 0) is 6.42 Å². The molecule has 0 aliphatic carbocycles. The molecule has 0 amide bonds. The average Bonchev–Trinajstić information content (AvgIpc) is 2.67. The van der Waals surface area contributed by atoms with Gasteiger partial charge in [-0.15, -0.1) is 0 Å². The Morgan fingerprint density at radius 1 is 1.46 bits per heavy atom. The Morgan fingerprint density at radius 2 is 2.38 bits per heavy atom. The van der Waals surface area contributed by atoms with E-state index in [2.05, 4.69) is 10.1 Å². The average molecular weight is 174 g/mol.